The molecule has 0 spiro atoms. The maximum atomic E-state index is 12.9. The molecule has 2 heterocycles. The highest BCUT2D eigenvalue weighted by molar-refractivity contribution is 7.89. The largest absolute Gasteiger partial charge is 0.379 e. The van der Waals surface area contributed by atoms with Gasteiger partial charge in [-0.3, -0.25) is 9.69 Å². The number of nitrogens with one attached hydrogen (secondary N) is 1. The Morgan fingerprint density at radius 3 is 2.27 bits per heavy atom. The molecule has 1 N–H and O–H groups in total. The van der Waals surface area contributed by atoms with Crippen LogP contribution in [0.4, 0.5) is 0 Å². The van der Waals surface area contributed by atoms with Crippen molar-refractivity contribution >= 4 is 15.9 Å². The summed E-state index contributed by atoms with van der Waals surface area (Å²) in [4.78, 5) is 15.5. The fourth-order valence-corrected chi connectivity index (χ4v) is 5.90. The van der Waals surface area contributed by atoms with E-state index in [4.69, 9.17) is 4.74 Å². The van der Waals surface area contributed by atoms with Gasteiger partial charge in [-0.1, -0.05) is 42.0 Å². The van der Waals surface area contributed by atoms with E-state index in [-0.39, 0.29) is 11.8 Å². The normalized spacial score (nSPS) is 18.8. The van der Waals surface area contributed by atoms with E-state index in [0.29, 0.717) is 37.4 Å². The third kappa shape index (κ3) is 6.00. The number of amides is 1. The van der Waals surface area contributed by atoms with Crippen LogP contribution in [0.3, 0.4) is 0 Å². The molecule has 0 saturated carbocycles. The second-order valence-electron chi connectivity index (χ2n) is 8.87. The lowest BCUT2D eigenvalue weighted by atomic mass is 9.97. The Hall–Kier alpha value is -2.26. The summed E-state index contributed by atoms with van der Waals surface area (Å²) < 4.78 is 32.7. The number of carbonyl (C=O) groups is 1. The molecule has 4 rings (SSSR count). The van der Waals surface area contributed by atoms with Crippen molar-refractivity contribution in [3.8, 4) is 0 Å². The van der Waals surface area contributed by atoms with Gasteiger partial charge in [-0.05, 0) is 43.0 Å². The Bertz CT molecular complexity index is 1040. The summed E-state index contributed by atoms with van der Waals surface area (Å²) in [6, 6.07) is 15.1. The van der Waals surface area contributed by atoms with Crippen molar-refractivity contribution in [1.29, 1.82) is 0 Å². The monoisotopic (exact) mass is 471 g/mol. The highest BCUT2D eigenvalue weighted by atomic mass is 32.2. The van der Waals surface area contributed by atoms with Crippen LogP contribution in [-0.4, -0.2) is 62.9 Å². The zero-order valence-electron chi connectivity index (χ0n) is 19.2. The van der Waals surface area contributed by atoms with Gasteiger partial charge >= 0.3 is 0 Å². The van der Waals surface area contributed by atoms with E-state index < -0.39 is 10.0 Å². The SMILES string of the molecule is Cc1ccc(S(=O)(=O)N2CCC(C(=O)NCc3ccccc3CN3CCOCC3)CC2)cc1. The van der Waals surface area contributed by atoms with Gasteiger partial charge in [-0.2, -0.15) is 4.31 Å². The second kappa shape index (κ2) is 10.8. The number of hydrogen-bond acceptors (Lipinski definition) is 5. The van der Waals surface area contributed by atoms with E-state index in [0.717, 1.165) is 44.0 Å². The molecule has 2 aromatic carbocycles. The van der Waals surface area contributed by atoms with Gasteiger partial charge in [0.05, 0.1) is 18.1 Å². The fourth-order valence-electron chi connectivity index (χ4n) is 4.43. The van der Waals surface area contributed by atoms with Crippen LogP contribution in [0.15, 0.2) is 53.4 Å². The van der Waals surface area contributed by atoms with Crippen molar-refractivity contribution in [2.45, 2.75) is 37.8 Å². The summed E-state index contributed by atoms with van der Waals surface area (Å²) >= 11 is 0. The van der Waals surface area contributed by atoms with Crippen LogP contribution in [-0.2, 0) is 32.6 Å². The highest BCUT2D eigenvalue weighted by Gasteiger charge is 2.32. The summed E-state index contributed by atoms with van der Waals surface area (Å²) in [7, 11) is -3.51. The van der Waals surface area contributed by atoms with Crippen molar-refractivity contribution in [2.24, 2.45) is 5.92 Å². The molecule has 178 valence electrons. The first-order valence-electron chi connectivity index (χ1n) is 11.6. The lowest BCUT2D eigenvalue weighted by Gasteiger charge is -2.30. The Balaban J connectivity index is 1.30. The van der Waals surface area contributed by atoms with E-state index in [2.05, 4.69) is 22.3 Å². The highest BCUT2D eigenvalue weighted by Crippen LogP contribution is 2.24. The number of carbonyl (C=O) groups excluding carboxylic acids is 1. The van der Waals surface area contributed by atoms with Crippen LogP contribution >= 0.6 is 0 Å². The molecule has 0 unspecified atom stereocenters. The molecule has 2 aromatic rings. The molecule has 2 aliphatic heterocycles. The lowest BCUT2D eigenvalue weighted by Crippen LogP contribution is -2.43. The molecule has 1 amide bonds. The van der Waals surface area contributed by atoms with Crippen molar-refractivity contribution in [2.75, 3.05) is 39.4 Å². The smallest absolute Gasteiger partial charge is 0.243 e. The predicted octanol–water partition coefficient (Wildman–Crippen LogP) is 2.54. The molecule has 0 radical (unpaired) electrons. The number of aryl methyl sites for hydroxylation is 1. The maximum absolute atomic E-state index is 12.9. The minimum Gasteiger partial charge on any atom is -0.379 e. The molecule has 7 nitrogen and oxygen atoms in total. The van der Waals surface area contributed by atoms with E-state index in [1.54, 1.807) is 12.1 Å². The average molecular weight is 472 g/mol. The van der Waals surface area contributed by atoms with Gasteiger partial charge in [-0.25, -0.2) is 8.42 Å². The van der Waals surface area contributed by atoms with Gasteiger partial charge in [0.25, 0.3) is 0 Å². The third-order valence-corrected chi connectivity index (χ3v) is 8.47. The van der Waals surface area contributed by atoms with Crippen LogP contribution < -0.4 is 5.32 Å². The summed E-state index contributed by atoms with van der Waals surface area (Å²) in [6.45, 7) is 7.36. The standard InChI is InChI=1S/C25H33N3O4S/c1-20-6-8-24(9-7-20)33(30,31)28-12-10-21(11-13-28)25(29)26-18-22-4-2-3-5-23(22)19-27-14-16-32-17-15-27/h2-9,21H,10-19H2,1H3,(H,26,29). The molecular weight excluding hydrogens is 438 g/mol. The molecule has 0 atom stereocenters. The summed E-state index contributed by atoms with van der Waals surface area (Å²) in [5, 5.41) is 3.09. The number of sulfonamides is 1. The minimum atomic E-state index is -3.51. The summed E-state index contributed by atoms with van der Waals surface area (Å²) in [5.41, 5.74) is 3.37. The summed E-state index contributed by atoms with van der Waals surface area (Å²) in [5.74, 6) is -0.163. The molecule has 8 heteroatoms. The number of piperidine rings is 1. The number of ether oxygens (including phenoxy) is 1. The van der Waals surface area contributed by atoms with Gasteiger partial charge < -0.3 is 10.1 Å². The maximum Gasteiger partial charge on any atom is 0.243 e. The van der Waals surface area contributed by atoms with Gasteiger partial charge in [-0.15, -0.1) is 0 Å². The number of benzene rings is 2. The van der Waals surface area contributed by atoms with Gasteiger partial charge in [0.15, 0.2) is 0 Å². The Morgan fingerprint density at radius 2 is 1.61 bits per heavy atom. The Morgan fingerprint density at radius 1 is 0.970 bits per heavy atom. The Labute approximate surface area is 196 Å². The van der Waals surface area contributed by atoms with Crippen molar-refractivity contribution < 1.29 is 17.9 Å². The predicted molar refractivity (Wildman–Crippen MR) is 127 cm³/mol. The van der Waals surface area contributed by atoms with Crippen LogP contribution in [0.5, 0.6) is 0 Å². The zero-order valence-corrected chi connectivity index (χ0v) is 20.0. The van der Waals surface area contributed by atoms with E-state index in [9.17, 15) is 13.2 Å². The first-order chi connectivity index (χ1) is 15.9. The molecule has 0 aliphatic carbocycles. The molecule has 0 bridgehead atoms. The zero-order chi connectivity index (χ0) is 23.3. The number of hydrogen-bond donors (Lipinski definition) is 1. The van der Waals surface area contributed by atoms with Gasteiger partial charge in [0.1, 0.15) is 0 Å². The topological polar surface area (TPSA) is 79.0 Å². The second-order valence-corrected chi connectivity index (χ2v) is 10.8. The van der Waals surface area contributed by atoms with E-state index >= 15 is 0 Å². The van der Waals surface area contributed by atoms with Crippen LogP contribution in [0.2, 0.25) is 0 Å². The van der Waals surface area contributed by atoms with Gasteiger partial charge in [0, 0.05) is 45.2 Å². The number of nitrogens with zero attached hydrogens (tertiary/aromatic N) is 2. The molecule has 2 saturated heterocycles. The molecule has 2 fully saturated rings. The van der Waals surface area contributed by atoms with Crippen LogP contribution in [0.1, 0.15) is 29.5 Å². The average Bonchev–Trinajstić information content (AvgIpc) is 2.84. The molecule has 0 aromatic heterocycles. The van der Waals surface area contributed by atoms with Crippen molar-refractivity contribution in [3.05, 3.63) is 65.2 Å². The minimum absolute atomic E-state index is 0.00330. The summed E-state index contributed by atoms with van der Waals surface area (Å²) in [6.07, 6.45) is 1.07. The van der Waals surface area contributed by atoms with E-state index in [1.807, 2.05) is 31.2 Å². The van der Waals surface area contributed by atoms with Crippen molar-refractivity contribution in [1.82, 2.24) is 14.5 Å². The first-order valence-corrected chi connectivity index (χ1v) is 13.1. The van der Waals surface area contributed by atoms with E-state index in [1.165, 1.54) is 9.87 Å². The van der Waals surface area contributed by atoms with Crippen LogP contribution in [0, 0.1) is 12.8 Å². The molecule has 33 heavy (non-hydrogen) atoms. The van der Waals surface area contributed by atoms with Crippen molar-refractivity contribution in [3.63, 3.8) is 0 Å². The number of morpholine rings is 1. The quantitative estimate of drug-likeness (QED) is 0.672. The van der Waals surface area contributed by atoms with Gasteiger partial charge in [0.2, 0.25) is 15.9 Å². The molecule has 2 aliphatic rings. The Kier molecular flexibility index (Phi) is 7.80. The molecular formula is C25H33N3O4S. The lowest BCUT2D eigenvalue weighted by molar-refractivity contribution is -0.126. The number of rotatable bonds is 7. The first kappa shape index (κ1) is 23.9. The third-order valence-electron chi connectivity index (χ3n) is 6.55. The van der Waals surface area contributed by atoms with Crippen LogP contribution in [0.25, 0.3) is 0 Å². The fraction of sp³-hybridized carbons (Fsp3) is 0.480.